The molecular weight excluding hydrogens is 701 g/mol. The average molecular weight is 775 g/mol. The summed E-state index contributed by atoms with van der Waals surface area (Å²) in [7, 11) is 1.40. The zero-order valence-corrected chi connectivity index (χ0v) is 35.1. The molecule has 0 saturated carbocycles. The molecule has 0 aliphatic rings. The third kappa shape index (κ3) is 38.6. The van der Waals surface area contributed by atoms with Crippen molar-refractivity contribution in [2.24, 2.45) is 0 Å². The second kappa shape index (κ2) is 35.6. The number of allylic oxidation sites excluding steroid dienone is 16. The molecule has 0 heterocycles. The molecule has 0 saturated heterocycles. The molecule has 0 bridgehead atoms. The van der Waals surface area contributed by atoms with Crippen LogP contribution in [0.25, 0.3) is 0 Å². The molecule has 2 atom stereocenters. The third-order valence-corrected chi connectivity index (χ3v) is 8.59. The van der Waals surface area contributed by atoms with Crippen LogP contribution in [0.1, 0.15) is 117 Å². The van der Waals surface area contributed by atoms with Crippen molar-refractivity contribution in [3.63, 3.8) is 0 Å². The van der Waals surface area contributed by atoms with Gasteiger partial charge in [-0.2, -0.15) is 0 Å². The van der Waals surface area contributed by atoms with Crippen molar-refractivity contribution < 1.29 is 42.1 Å². The van der Waals surface area contributed by atoms with E-state index in [1.807, 2.05) is 21.1 Å². The Hall–Kier alpha value is -3.07. The Bertz CT molecular complexity index is 1240. The number of quaternary nitrogens is 1. The molecule has 0 aromatic carbocycles. The summed E-state index contributed by atoms with van der Waals surface area (Å²) in [6.07, 6.45) is 46.1. The van der Waals surface area contributed by atoms with E-state index < -0.39 is 32.5 Å². The number of phosphoric ester groups is 1. The van der Waals surface area contributed by atoms with Gasteiger partial charge in [-0.1, -0.05) is 111 Å². The lowest BCUT2D eigenvalue weighted by Gasteiger charge is -2.24. The van der Waals surface area contributed by atoms with Crippen molar-refractivity contribution in [1.29, 1.82) is 0 Å². The summed E-state index contributed by atoms with van der Waals surface area (Å²) < 4.78 is 34.1. The highest BCUT2D eigenvalue weighted by molar-refractivity contribution is 7.47. The van der Waals surface area contributed by atoms with Crippen LogP contribution in [-0.2, 0) is 32.7 Å². The Balaban J connectivity index is 4.59. The number of unbranched alkanes of at least 4 members (excludes halogenated alkanes) is 4. The predicted octanol–water partition coefficient (Wildman–Crippen LogP) is 11.0. The van der Waals surface area contributed by atoms with Gasteiger partial charge in [-0.25, -0.2) is 4.57 Å². The molecule has 0 aromatic rings. The molecular formula is C44H73NO8P+. The zero-order valence-electron chi connectivity index (χ0n) is 34.2. The Morgan fingerprint density at radius 3 is 1.41 bits per heavy atom. The van der Waals surface area contributed by atoms with Crippen LogP contribution in [0.5, 0.6) is 0 Å². The van der Waals surface area contributed by atoms with Crippen molar-refractivity contribution in [3.05, 3.63) is 97.2 Å². The SMILES string of the molecule is CC/C=C\C/C=C\C/C=C\C/C=C\CCCCC(=O)OC[C@H](COP(=O)(O)OCC[N+](C)(C)C)OC(=O)CCCC/C=C\C/C=C\C/C=C\C/C=C\CC. The topological polar surface area (TPSA) is 108 Å². The number of likely N-dealkylation sites (N-methyl/N-ethyl adjacent to an activating group) is 1. The quantitative estimate of drug-likeness (QED) is 0.0226. The Morgan fingerprint density at radius 1 is 0.574 bits per heavy atom. The molecule has 1 unspecified atom stereocenters. The standard InChI is InChI=1S/C44H72NO8P/c1-6-8-10-12-14-16-18-20-22-24-26-28-30-32-34-36-43(46)50-40-42(41-52-54(48,49)51-39-38-45(3,4)5)53-44(47)37-35-33-31-29-27-25-23-21-19-17-15-13-11-9-7-2/h8-11,14-17,20-23,26-29,42H,6-7,12-13,18-19,24-25,30-41H2,1-5H3/p+1/b10-8-,11-9-,16-14-,17-15-,22-20-,23-21-,28-26-,29-27-/t42-/m1/s1. The van der Waals surface area contributed by atoms with Gasteiger partial charge in [-0.15, -0.1) is 0 Å². The number of esters is 2. The summed E-state index contributed by atoms with van der Waals surface area (Å²) in [5.74, 6) is -0.910. The monoisotopic (exact) mass is 775 g/mol. The van der Waals surface area contributed by atoms with Gasteiger partial charge in [0.1, 0.15) is 19.8 Å². The number of carbonyl (C=O) groups excluding carboxylic acids is 2. The third-order valence-electron chi connectivity index (χ3n) is 7.61. The maximum Gasteiger partial charge on any atom is 0.472 e. The Kier molecular flexibility index (Phi) is 33.6. The first kappa shape index (κ1) is 50.9. The first-order valence-corrected chi connectivity index (χ1v) is 21.5. The van der Waals surface area contributed by atoms with Crippen LogP contribution in [0.2, 0.25) is 0 Å². The molecule has 0 amide bonds. The smallest absolute Gasteiger partial charge is 0.462 e. The lowest BCUT2D eigenvalue weighted by molar-refractivity contribution is -0.870. The van der Waals surface area contributed by atoms with Gasteiger partial charge in [0.15, 0.2) is 6.10 Å². The normalized spacial score (nSPS) is 14.7. The maximum absolute atomic E-state index is 12.6. The summed E-state index contributed by atoms with van der Waals surface area (Å²) >= 11 is 0. The van der Waals surface area contributed by atoms with E-state index in [0.29, 0.717) is 23.9 Å². The molecule has 0 radical (unpaired) electrons. The molecule has 0 spiro atoms. The molecule has 0 fully saturated rings. The number of ether oxygens (including phenoxy) is 2. The molecule has 0 rings (SSSR count). The number of nitrogens with zero attached hydrogens (tertiary/aromatic N) is 1. The minimum absolute atomic E-state index is 0.0108. The van der Waals surface area contributed by atoms with Crippen LogP contribution in [0.3, 0.4) is 0 Å². The van der Waals surface area contributed by atoms with E-state index in [4.69, 9.17) is 18.5 Å². The lowest BCUT2D eigenvalue weighted by atomic mass is 10.1. The molecule has 54 heavy (non-hydrogen) atoms. The van der Waals surface area contributed by atoms with Crippen molar-refractivity contribution >= 4 is 19.8 Å². The summed E-state index contributed by atoms with van der Waals surface area (Å²) in [6.45, 7) is 4.05. The maximum atomic E-state index is 12.6. The van der Waals surface area contributed by atoms with E-state index in [2.05, 4.69) is 111 Å². The molecule has 0 aliphatic heterocycles. The van der Waals surface area contributed by atoms with Gasteiger partial charge in [-0.3, -0.25) is 18.6 Å². The number of hydrogen-bond donors (Lipinski definition) is 1. The van der Waals surface area contributed by atoms with E-state index in [1.54, 1.807) is 0 Å². The summed E-state index contributed by atoms with van der Waals surface area (Å²) in [5, 5.41) is 0. The number of rotatable bonds is 34. The van der Waals surface area contributed by atoms with Gasteiger partial charge >= 0.3 is 19.8 Å². The fourth-order valence-corrected chi connectivity index (χ4v) is 5.26. The van der Waals surface area contributed by atoms with Crippen LogP contribution in [0, 0.1) is 0 Å². The molecule has 1 N–H and O–H groups in total. The van der Waals surface area contributed by atoms with E-state index >= 15 is 0 Å². The van der Waals surface area contributed by atoms with E-state index in [9.17, 15) is 19.0 Å². The van der Waals surface area contributed by atoms with Crippen LogP contribution in [0.4, 0.5) is 0 Å². The van der Waals surface area contributed by atoms with E-state index in [-0.39, 0.29) is 26.1 Å². The summed E-state index contributed by atoms with van der Waals surface area (Å²) in [4.78, 5) is 35.2. The molecule has 10 heteroatoms. The molecule has 0 aliphatic carbocycles. The van der Waals surface area contributed by atoms with Crippen LogP contribution in [-0.4, -0.2) is 74.9 Å². The largest absolute Gasteiger partial charge is 0.472 e. The van der Waals surface area contributed by atoms with Gasteiger partial charge < -0.3 is 18.9 Å². The molecule has 9 nitrogen and oxygen atoms in total. The minimum atomic E-state index is -4.40. The van der Waals surface area contributed by atoms with Gasteiger partial charge in [-0.05, 0) is 89.9 Å². The van der Waals surface area contributed by atoms with Gasteiger partial charge in [0.2, 0.25) is 0 Å². The minimum Gasteiger partial charge on any atom is -0.462 e. The Morgan fingerprint density at radius 2 is 0.981 bits per heavy atom. The summed E-state index contributed by atoms with van der Waals surface area (Å²) in [6, 6.07) is 0. The highest BCUT2D eigenvalue weighted by Gasteiger charge is 2.27. The summed E-state index contributed by atoms with van der Waals surface area (Å²) in [5.41, 5.74) is 0. The number of phosphoric acid groups is 1. The number of carbonyl (C=O) groups is 2. The molecule has 306 valence electrons. The van der Waals surface area contributed by atoms with Crippen LogP contribution >= 0.6 is 7.82 Å². The second-order valence-electron chi connectivity index (χ2n) is 13.9. The van der Waals surface area contributed by atoms with Crippen molar-refractivity contribution in [2.45, 2.75) is 123 Å². The highest BCUT2D eigenvalue weighted by Crippen LogP contribution is 2.43. The van der Waals surface area contributed by atoms with Gasteiger partial charge in [0, 0.05) is 12.8 Å². The molecule has 0 aromatic heterocycles. The van der Waals surface area contributed by atoms with Gasteiger partial charge in [0.25, 0.3) is 0 Å². The van der Waals surface area contributed by atoms with Crippen molar-refractivity contribution in [2.75, 3.05) is 47.5 Å². The first-order valence-electron chi connectivity index (χ1n) is 20.0. The van der Waals surface area contributed by atoms with Gasteiger partial charge in [0.05, 0.1) is 27.7 Å². The van der Waals surface area contributed by atoms with Crippen molar-refractivity contribution in [1.82, 2.24) is 0 Å². The van der Waals surface area contributed by atoms with E-state index in [1.165, 1.54) is 0 Å². The number of hydrogen-bond acceptors (Lipinski definition) is 7. The Labute approximate surface area is 328 Å². The average Bonchev–Trinajstić information content (AvgIpc) is 3.12. The highest BCUT2D eigenvalue weighted by atomic mass is 31.2. The van der Waals surface area contributed by atoms with Crippen molar-refractivity contribution in [3.8, 4) is 0 Å². The zero-order chi connectivity index (χ0) is 40.0. The second-order valence-corrected chi connectivity index (χ2v) is 15.4. The van der Waals surface area contributed by atoms with Crippen LogP contribution < -0.4 is 0 Å². The van der Waals surface area contributed by atoms with Crippen LogP contribution in [0.15, 0.2) is 97.2 Å². The first-order chi connectivity index (χ1) is 26.0. The van der Waals surface area contributed by atoms with E-state index in [0.717, 1.165) is 77.0 Å². The fraction of sp³-hybridized carbons (Fsp3) is 0.591. The lowest BCUT2D eigenvalue weighted by Crippen LogP contribution is -2.37. The fourth-order valence-electron chi connectivity index (χ4n) is 4.52. The predicted molar refractivity (Wildman–Crippen MR) is 224 cm³/mol.